The molecule has 0 radical (unpaired) electrons. The van der Waals surface area contributed by atoms with Crippen molar-refractivity contribution >= 4 is 0 Å². The summed E-state index contributed by atoms with van der Waals surface area (Å²) in [6, 6.07) is 0. The lowest BCUT2D eigenvalue weighted by molar-refractivity contribution is -0.124. The Morgan fingerprint density at radius 1 is 0.885 bits per heavy atom. The van der Waals surface area contributed by atoms with Crippen LogP contribution in [-0.2, 0) is 4.74 Å². The fourth-order valence-electron chi connectivity index (χ4n) is 2.76. The van der Waals surface area contributed by atoms with Gasteiger partial charge in [-0.25, -0.2) is 0 Å². The van der Waals surface area contributed by atoms with Crippen LogP contribution < -0.4 is 0 Å². The summed E-state index contributed by atoms with van der Waals surface area (Å²) in [4.78, 5) is 0. The molecule has 156 valence electrons. The number of allylic oxidation sites excluding steroid dienone is 1. The maximum atomic E-state index is 9.76. The van der Waals surface area contributed by atoms with E-state index in [2.05, 4.69) is 20.8 Å². The summed E-state index contributed by atoms with van der Waals surface area (Å²) in [5.74, 6) is 1.49. The lowest BCUT2D eigenvalue weighted by Crippen LogP contribution is -2.47. The molecule has 1 unspecified atom stereocenters. The Bertz CT molecular complexity index is 371. The largest absolute Gasteiger partial charge is 0.498 e. The van der Waals surface area contributed by atoms with Gasteiger partial charge in [0.05, 0.1) is 12.9 Å². The van der Waals surface area contributed by atoms with Crippen molar-refractivity contribution in [1.29, 1.82) is 0 Å². The van der Waals surface area contributed by atoms with E-state index in [9.17, 15) is 20.4 Å². The standard InChI is InChI=1S/C20H40O6/c1-14(2)7-5-8-15(3)9-6-10-16(4)12-26-13-18(23)20(25)19(24)17(22)11-21/h12,14-15,17-25H,5-11,13H2,1-4H3/b16-12+/t15?,17-,18+,19-,20-/m0/s1. The average molecular weight is 377 g/mol. The number of hydrogen-bond donors (Lipinski definition) is 5. The van der Waals surface area contributed by atoms with Crippen molar-refractivity contribution in [2.75, 3.05) is 13.2 Å². The predicted molar refractivity (Wildman–Crippen MR) is 103 cm³/mol. The van der Waals surface area contributed by atoms with Crippen LogP contribution in [0.4, 0.5) is 0 Å². The summed E-state index contributed by atoms with van der Waals surface area (Å²) in [6.45, 7) is 7.87. The maximum Gasteiger partial charge on any atom is 0.116 e. The van der Waals surface area contributed by atoms with E-state index in [0.717, 1.165) is 30.3 Å². The van der Waals surface area contributed by atoms with Crippen molar-refractivity contribution in [1.82, 2.24) is 0 Å². The summed E-state index contributed by atoms with van der Waals surface area (Å²) in [6.07, 6.45) is 2.52. The Labute approximate surface area is 158 Å². The summed E-state index contributed by atoms with van der Waals surface area (Å²) >= 11 is 0. The van der Waals surface area contributed by atoms with E-state index >= 15 is 0 Å². The topological polar surface area (TPSA) is 110 Å². The van der Waals surface area contributed by atoms with Crippen LogP contribution in [0, 0.1) is 11.8 Å². The molecule has 5 N–H and O–H groups in total. The first kappa shape index (κ1) is 25.3. The van der Waals surface area contributed by atoms with Gasteiger partial charge in [-0.15, -0.1) is 0 Å². The Hall–Kier alpha value is -0.660. The summed E-state index contributed by atoms with van der Waals surface area (Å²) < 4.78 is 5.26. The minimum Gasteiger partial charge on any atom is -0.498 e. The van der Waals surface area contributed by atoms with Gasteiger partial charge in [0.15, 0.2) is 0 Å². The second kappa shape index (κ2) is 14.4. The number of hydrogen-bond acceptors (Lipinski definition) is 6. The molecular formula is C20H40O6. The number of aliphatic hydroxyl groups is 5. The number of aliphatic hydroxyl groups excluding tert-OH is 5. The molecule has 0 aliphatic rings. The first-order valence-electron chi connectivity index (χ1n) is 9.79. The molecule has 0 aliphatic heterocycles. The van der Waals surface area contributed by atoms with Gasteiger partial charge < -0.3 is 30.3 Å². The fourth-order valence-corrected chi connectivity index (χ4v) is 2.76. The molecule has 0 saturated carbocycles. The third kappa shape index (κ3) is 11.9. The molecule has 0 aromatic heterocycles. The summed E-state index contributed by atoms with van der Waals surface area (Å²) in [5.41, 5.74) is 1.05. The molecule has 0 rings (SSSR count). The monoisotopic (exact) mass is 376 g/mol. The molecule has 0 saturated heterocycles. The summed E-state index contributed by atoms with van der Waals surface area (Å²) in [5, 5.41) is 47.0. The quantitative estimate of drug-likeness (QED) is 0.280. The van der Waals surface area contributed by atoms with Crippen LogP contribution in [0.1, 0.15) is 66.2 Å². The van der Waals surface area contributed by atoms with E-state index in [4.69, 9.17) is 9.84 Å². The zero-order valence-electron chi connectivity index (χ0n) is 16.8. The Morgan fingerprint density at radius 3 is 2.04 bits per heavy atom. The van der Waals surface area contributed by atoms with Crippen LogP contribution >= 0.6 is 0 Å². The van der Waals surface area contributed by atoms with E-state index in [0.29, 0.717) is 0 Å². The number of rotatable bonds is 15. The first-order chi connectivity index (χ1) is 12.2. The number of ether oxygens (including phenoxy) is 1. The zero-order valence-corrected chi connectivity index (χ0v) is 16.8. The molecule has 26 heavy (non-hydrogen) atoms. The van der Waals surface area contributed by atoms with Crippen LogP contribution in [0.5, 0.6) is 0 Å². The molecule has 6 heteroatoms. The summed E-state index contributed by atoms with van der Waals surface area (Å²) in [7, 11) is 0. The molecular weight excluding hydrogens is 336 g/mol. The fraction of sp³-hybridized carbons (Fsp3) is 0.900. The van der Waals surface area contributed by atoms with Crippen LogP contribution in [-0.4, -0.2) is 63.2 Å². The van der Waals surface area contributed by atoms with Gasteiger partial charge in [0.1, 0.15) is 31.0 Å². The smallest absolute Gasteiger partial charge is 0.116 e. The maximum absolute atomic E-state index is 9.76. The van der Waals surface area contributed by atoms with Crippen molar-refractivity contribution in [3.63, 3.8) is 0 Å². The van der Waals surface area contributed by atoms with E-state index in [-0.39, 0.29) is 6.61 Å². The molecule has 5 atom stereocenters. The van der Waals surface area contributed by atoms with Gasteiger partial charge in [0, 0.05) is 0 Å². The SMILES string of the molecule is C/C(=C\OC[C@@H](O)[C@H](O)[C@@H](O)[C@@H](O)CO)CCCC(C)CCCC(C)C. The molecule has 0 amide bonds. The molecule has 0 heterocycles. The highest BCUT2D eigenvalue weighted by Crippen LogP contribution is 2.19. The van der Waals surface area contributed by atoms with Gasteiger partial charge in [-0.05, 0) is 37.2 Å². The van der Waals surface area contributed by atoms with Gasteiger partial charge in [0.2, 0.25) is 0 Å². The lowest BCUT2D eigenvalue weighted by atomic mass is 9.95. The van der Waals surface area contributed by atoms with Crippen LogP contribution in [0.15, 0.2) is 11.8 Å². The molecule has 0 bridgehead atoms. The minimum atomic E-state index is -1.62. The molecule has 0 fully saturated rings. The van der Waals surface area contributed by atoms with E-state index in [1.165, 1.54) is 25.7 Å². The predicted octanol–water partition coefficient (Wildman–Crippen LogP) is 1.98. The Morgan fingerprint density at radius 2 is 1.46 bits per heavy atom. The minimum absolute atomic E-state index is 0.195. The third-order valence-electron chi connectivity index (χ3n) is 4.62. The Kier molecular flexibility index (Phi) is 14.0. The molecule has 6 nitrogen and oxygen atoms in total. The Balaban J connectivity index is 3.96. The van der Waals surface area contributed by atoms with Gasteiger partial charge in [-0.3, -0.25) is 0 Å². The van der Waals surface area contributed by atoms with Crippen molar-refractivity contribution in [2.24, 2.45) is 11.8 Å². The van der Waals surface area contributed by atoms with Gasteiger partial charge in [-0.2, -0.15) is 0 Å². The first-order valence-corrected chi connectivity index (χ1v) is 9.79. The van der Waals surface area contributed by atoms with E-state index in [1.54, 1.807) is 6.26 Å². The van der Waals surface area contributed by atoms with E-state index < -0.39 is 31.0 Å². The van der Waals surface area contributed by atoms with Gasteiger partial charge in [-0.1, -0.05) is 46.5 Å². The van der Waals surface area contributed by atoms with Crippen molar-refractivity contribution < 1.29 is 30.3 Å². The highest BCUT2D eigenvalue weighted by Gasteiger charge is 2.30. The lowest BCUT2D eigenvalue weighted by Gasteiger charge is -2.25. The van der Waals surface area contributed by atoms with Crippen molar-refractivity contribution in [3.8, 4) is 0 Å². The molecule has 0 spiro atoms. The second-order valence-electron chi connectivity index (χ2n) is 7.92. The second-order valence-corrected chi connectivity index (χ2v) is 7.92. The van der Waals surface area contributed by atoms with Gasteiger partial charge in [0.25, 0.3) is 0 Å². The molecule has 0 aromatic rings. The van der Waals surface area contributed by atoms with Crippen LogP contribution in [0.3, 0.4) is 0 Å². The van der Waals surface area contributed by atoms with Crippen LogP contribution in [0.2, 0.25) is 0 Å². The highest BCUT2D eigenvalue weighted by molar-refractivity contribution is 4.93. The molecule has 0 aromatic carbocycles. The zero-order chi connectivity index (χ0) is 20.1. The molecule has 0 aliphatic carbocycles. The van der Waals surface area contributed by atoms with Crippen molar-refractivity contribution in [3.05, 3.63) is 11.8 Å². The normalized spacial score (nSPS) is 18.5. The van der Waals surface area contributed by atoms with E-state index in [1.807, 2.05) is 6.92 Å². The third-order valence-corrected chi connectivity index (χ3v) is 4.62. The van der Waals surface area contributed by atoms with Crippen LogP contribution in [0.25, 0.3) is 0 Å². The average Bonchev–Trinajstić information content (AvgIpc) is 2.59. The van der Waals surface area contributed by atoms with Crippen molar-refractivity contribution in [2.45, 2.75) is 90.6 Å². The highest BCUT2D eigenvalue weighted by atomic mass is 16.5. The van der Waals surface area contributed by atoms with Gasteiger partial charge >= 0.3 is 0 Å².